The number of benzene rings is 3. The lowest BCUT2D eigenvalue weighted by atomic mass is 9.70. The van der Waals surface area contributed by atoms with E-state index in [1.807, 2.05) is 6.07 Å². The van der Waals surface area contributed by atoms with Crippen LogP contribution in [0.25, 0.3) is 10.8 Å². The maximum Gasteiger partial charge on any atom is 0.159 e. The van der Waals surface area contributed by atoms with Crippen molar-refractivity contribution in [2.24, 2.45) is 5.92 Å². The summed E-state index contributed by atoms with van der Waals surface area (Å²) >= 11 is 0. The van der Waals surface area contributed by atoms with Gasteiger partial charge >= 0.3 is 0 Å². The van der Waals surface area contributed by atoms with Crippen molar-refractivity contribution in [2.75, 3.05) is 0 Å². The molecule has 0 amide bonds. The summed E-state index contributed by atoms with van der Waals surface area (Å²) in [6.45, 7) is 2.13. The number of hydrogen-bond acceptors (Lipinski definition) is 0. The molecule has 4 rings (SSSR count). The SMILES string of the molecule is CC[C@@H]1CCc2c(ccc3ccc(F)cc23)[C@H]1c1ccc(F)c(F)c1. The van der Waals surface area contributed by atoms with Gasteiger partial charge in [-0.05, 0) is 70.5 Å². The van der Waals surface area contributed by atoms with Crippen LogP contribution in [0.3, 0.4) is 0 Å². The van der Waals surface area contributed by atoms with Crippen molar-refractivity contribution in [3.05, 3.63) is 82.7 Å². The van der Waals surface area contributed by atoms with Gasteiger partial charge in [-0.3, -0.25) is 0 Å². The lowest BCUT2D eigenvalue weighted by Crippen LogP contribution is -2.22. The van der Waals surface area contributed by atoms with Gasteiger partial charge in [0.1, 0.15) is 5.82 Å². The molecule has 3 aromatic carbocycles. The fraction of sp³-hybridized carbons (Fsp3) is 0.273. The number of halogens is 3. The molecule has 0 saturated carbocycles. The Bertz CT molecular complexity index is 945. The van der Waals surface area contributed by atoms with Gasteiger partial charge in [0.05, 0.1) is 0 Å². The van der Waals surface area contributed by atoms with E-state index in [0.717, 1.165) is 46.7 Å². The van der Waals surface area contributed by atoms with Crippen LogP contribution in [0.4, 0.5) is 13.2 Å². The molecule has 0 aliphatic heterocycles. The Labute approximate surface area is 145 Å². The molecule has 0 aromatic heterocycles. The molecule has 3 aromatic rings. The van der Waals surface area contributed by atoms with Crippen LogP contribution in [0.1, 0.15) is 42.4 Å². The predicted molar refractivity (Wildman–Crippen MR) is 94.2 cm³/mol. The van der Waals surface area contributed by atoms with E-state index in [0.29, 0.717) is 5.92 Å². The maximum absolute atomic E-state index is 13.8. The highest BCUT2D eigenvalue weighted by atomic mass is 19.2. The summed E-state index contributed by atoms with van der Waals surface area (Å²) in [4.78, 5) is 0. The standard InChI is InChI=1S/C22H19F3/c1-2-13-4-8-17-18(9-5-14-3-7-16(23)12-19(14)17)22(13)15-6-10-20(24)21(25)11-15/h3,5-7,9-13,22H,2,4,8H2,1H3/t13-,22-/m1/s1. The van der Waals surface area contributed by atoms with Gasteiger partial charge in [0.25, 0.3) is 0 Å². The Morgan fingerprint density at radius 1 is 0.920 bits per heavy atom. The summed E-state index contributed by atoms with van der Waals surface area (Å²) in [6.07, 6.45) is 2.81. The highest BCUT2D eigenvalue weighted by Gasteiger charge is 2.31. The molecule has 25 heavy (non-hydrogen) atoms. The molecular formula is C22H19F3. The summed E-state index contributed by atoms with van der Waals surface area (Å²) in [5, 5.41) is 1.94. The van der Waals surface area contributed by atoms with Crippen molar-refractivity contribution in [3.63, 3.8) is 0 Å². The van der Waals surface area contributed by atoms with Crippen molar-refractivity contribution in [1.82, 2.24) is 0 Å². The minimum Gasteiger partial charge on any atom is -0.207 e. The quantitative estimate of drug-likeness (QED) is 0.509. The maximum atomic E-state index is 13.8. The first-order chi connectivity index (χ1) is 12.1. The average Bonchev–Trinajstić information content (AvgIpc) is 2.62. The normalized spacial score (nSPS) is 19.8. The van der Waals surface area contributed by atoms with Crippen LogP contribution in [0.2, 0.25) is 0 Å². The zero-order valence-corrected chi connectivity index (χ0v) is 14.0. The smallest absolute Gasteiger partial charge is 0.159 e. The third-order valence-electron chi connectivity index (χ3n) is 5.53. The van der Waals surface area contributed by atoms with Crippen molar-refractivity contribution in [3.8, 4) is 0 Å². The molecule has 0 spiro atoms. The van der Waals surface area contributed by atoms with Gasteiger partial charge in [0, 0.05) is 5.92 Å². The van der Waals surface area contributed by atoms with E-state index in [1.54, 1.807) is 18.2 Å². The van der Waals surface area contributed by atoms with Crippen molar-refractivity contribution in [2.45, 2.75) is 32.1 Å². The number of rotatable bonds is 2. The van der Waals surface area contributed by atoms with Gasteiger partial charge < -0.3 is 0 Å². The number of fused-ring (bicyclic) bond motifs is 3. The molecule has 0 heterocycles. The zero-order chi connectivity index (χ0) is 17.6. The second-order valence-electron chi connectivity index (χ2n) is 6.86. The summed E-state index contributed by atoms with van der Waals surface area (Å²) in [5.41, 5.74) is 3.04. The Morgan fingerprint density at radius 2 is 1.72 bits per heavy atom. The molecule has 0 radical (unpaired) electrons. The average molecular weight is 340 g/mol. The molecule has 0 fully saturated rings. The van der Waals surface area contributed by atoms with Gasteiger partial charge in [-0.15, -0.1) is 0 Å². The lowest BCUT2D eigenvalue weighted by molar-refractivity contribution is 0.396. The molecule has 1 aliphatic rings. The van der Waals surface area contributed by atoms with E-state index >= 15 is 0 Å². The molecule has 2 atom stereocenters. The molecule has 128 valence electrons. The van der Waals surface area contributed by atoms with Crippen LogP contribution in [-0.4, -0.2) is 0 Å². The topological polar surface area (TPSA) is 0 Å². The predicted octanol–water partition coefficient (Wildman–Crippen LogP) is 6.36. The van der Waals surface area contributed by atoms with Crippen molar-refractivity contribution < 1.29 is 13.2 Å². The van der Waals surface area contributed by atoms with Crippen LogP contribution < -0.4 is 0 Å². The van der Waals surface area contributed by atoms with Crippen LogP contribution in [-0.2, 0) is 6.42 Å². The van der Waals surface area contributed by atoms with E-state index in [2.05, 4.69) is 13.0 Å². The Morgan fingerprint density at radius 3 is 2.48 bits per heavy atom. The molecule has 0 nitrogen and oxygen atoms in total. The van der Waals surface area contributed by atoms with Crippen LogP contribution >= 0.6 is 0 Å². The fourth-order valence-electron chi connectivity index (χ4n) is 4.29. The fourth-order valence-corrected chi connectivity index (χ4v) is 4.29. The highest BCUT2D eigenvalue weighted by molar-refractivity contribution is 5.87. The van der Waals surface area contributed by atoms with E-state index < -0.39 is 11.6 Å². The Kier molecular flexibility index (Phi) is 4.03. The second-order valence-corrected chi connectivity index (χ2v) is 6.86. The Balaban J connectivity index is 1.93. The summed E-state index contributed by atoms with van der Waals surface area (Å²) < 4.78 is 41.0. The van der Waals surface area contributed by atoms with E-state index in [4.69, 9.17) is 0 Å². The van der Waals surface area contributed by atoms with E-state index in [9.17, 15) is 13.2 Å². The summed E-state index contributed by atoms with van der Waals surface area (Å²) in [7, 11) is 0. The van der Waals surface area contributed by atoms with Crippen LogP contribution in [0, 0.1) is 23.4 Å². The van der Waals surface area contributed by atoms with Crippen LogP contribution in [0.15, 0.2) is 48.5 Å². The number of hydrogen-bond donors (Lipinski definition) is 0. The third-order valence-corrected chi connectivity index (χ3v) is 5.53. The highest BCUT2D eigenvalue weighted by Crippen LogP contribution is 2.44. The minimum atomic E-state index is -0.826. The van der Waals surface area contributed by atoms with Gasteiger partial charge in [-0.2, -0.15) is 0 Å². The van der Waals surface area contributed by atoms with Crippen molar-refractivity contribution in [1.29, 1.82) is 0 Å². The van der Waals surface area contributed by atoms with Gasteiger partial charge in [-0.25, -0.2) is 13.2 Å². The zero-order valence-electron chi connectivity index (χ0n) is 14.0. The largest absolute Gasteiger partial charge is 0.207 e. The summed E-state index contributed by atoms with van der Waals surface area (Å²) in [5.74, 6) is -1.51. The van der Waals surface area contributed by atoms with Crippen LogP contribution in [0.5, 0.6) is 0 Å². The van der Waals surface area contributed by atoms with Gasteiger partial charge in [0.15, 0.2) is 11.6 Å². The minimum absolute atomic E-state index is 0.0107. The monoisotopic (exact) mass is 340 g/mol. The van der Waals surface area contributed by atoms with E-state index in [-0.39, 0.29) is 11.7 Å². The molecule has 0 N–H and O–H groups in total. The molecule has 0 bridgehead atoms. The molecule has 0 unspecified atom stereocenters. The first-order valence-electron chi connectivity index (χ1n) is 8.74. The lowest BCUT2D eigenvalue weighted by Gasteiger charge is -2.34. The first-order valence-corrected chi connectivity index (χ1v) is 8.74. The van der Waals surface area contributed by atoms with E-state index in [1.165, 1.54) is 18.2 Å². The van der Waals surface area contributed by atoms with Gasteiger partial charge in [0.2, 0.25) is 0 Å². The first kappa shape index (κ1) is 16.2. The molecule has 0 saturated heterocycles. The molecule has 3 heteroatoms. The number of aryl methyl sites for hydroxylation is 1. The van der Waals surface area contributed by atoms with Gasteiger partial charge in [-0.1, -0.05) is 37.6 Å². The Hall–Kier alpha value is -2.29. The third kappa shape index (κ3) is 2.72. The molecular weight excluding hydrogens is 321 g/mol. The molecule has 1 aliphatic carbocycles. The second kappa shape index (κ2) is 6.21. The van der Waals surface area contributed by atoms with Crippen molar-refractivity contribution >= 4 is 10.8 Å². The summed E-state index contributed by atoms with van der Waals surface area (Å²) in [6, 6.07) is 13.1.